The van der Waals surface area contributed by atoms with E-state index >= 15 is 0 Å². The molecule has 0 saturated carbocycles. The van der Waals surface area contributed by atoms with E-state index in [0.29, 0.717) is 16.7 Å². The molecule has 0 saturated heterocycles. The summed E-state index contributed by atoms with van der Waals surface area (Å²) in [6.45, 7) is 0. The van der Waals surface area contributed by atoms with Crippen LogP contribution in [0.25, 0.3) is 0 Å². The molecule has 0 spiro atoms. The van der Waals surface area contributed by atoms with Crippen molar-refractivity contribution >= 4 is 23.0 Å². The standard InChI is InChI=1S/C9H9NO4S/c1-14-7-4-5(15-9(12)13)2-3-6(7)8(10)11/h2-4H,1H3,(H2,10,11)(H,12,13). The third-order valence-electron chi connectivity index (χ3n) is 1.64. The SMILES string of the molecule is COc1cc(SC(=O)O)ccc1C(N)=O. The number of nitrogens with two attached hydrogens (primary N) is 1. The summed E-state index contributed by atoms with van der Waals surface area (Å²) in [5, 5.41) is 7.52. The highest BCUT2D eigenvalue weighted by atomic mass is 32.2. The molecule has 0 unspecified atom stereocenters. The average molecular weight is 227 g/mol. The quantitative estimate of drug-likeness (QED) is 0.765. The number of ether oxygens (including phenoxy) is 1. The van der Waals surface area contributed by atoms with E-state index in [4.69, 9.17) is 15.6 Å². The average Bonchev–Trinajstić information content (AvgIpc) is 2.16. The number of hydrogen-bond acceptors (Lipinski definition) is 4. The smallest absolute Gasteiger partial charge is 0.369 e. The molecule has 1 amide bonds. The molecule has 5 nitrogen and oxygen atoms in total. The number of carboxylic acid groups (broad SMARTS) is 1. The molecule has 0 bridgehead atoms. The lowest BCUT2D eigenvalue weighted by molar-refractivity contribution is 0.0997. The fourth-order valence-electron chi connectivity index (χ4n) is 1.04. The highest BCUT2D eigenvalue weighted by Crippen LogP contribution is 2.26. The van der Waals surface area contributed by atoms with Crippen LogP contribution in [0.15, 0.2) is 23.1 Å². The number of carbonyl (C=O) groups excluding carboxylic acids is 1. The molecule has 0 aromatic heterocycles. The number of hydrogen-bond donors (Lipinski definition) is 2. The predicted molar refractivity (Wildman–Crippen MR) is 55.4 cm³/mol. The van der Waals surface area contributed by atoms with Crippen LogP contribution in [0.4, 0.5) is 4.79 Å². The summed E-state index contributed by atoms with van der Waals surface area (Å²) in [7, 11) is 1.39. The van der Waals surface area contributed by atoms with E-state index in [-0.39, 0.29) is 11.3 Å². The van der Waals surface area contributed by atoms with E-state index in [2.05, 4.69) is 0 Å². The Hall–Kier alpha value is -1.69. The van der Waals surface area contributed by atoms with E-state index in [9.17, 15) is 9.59 Å². The van der Waals surface area contributed by atoms with Gasteiger partial charge >= 0.3 is 5.30 Å². The van der Waals surface area contributed by atoms with Gasteiger partial charge in [-0.25, -0.2) is 4.79 Å². The molecule has 15 heavy (non-hydrogen) atoms. The van der Waals surface area contributed by atoms with Crippen LogP contribution in [0.5, 0.6) is 5.75 Å². The van der Waals surface area contributed by atoms with Gasteiger partial charge in [-0.3, -0.25) is 4.79 Å². The van der Waals surface area contributed by atoms with Gasteiger partial charge in [-0.1, -0.05) is 0 Å². The minimum absolute atomic E-state index is 0.229. The summed E-state index contributed by atoms with van der Waals surface area (Å²) >= 11 is 0.633. The molecule has 1 rings (SSSR count). The third-order valence-corrected chi connectivity index (χ3v) is 2.31. The van der Waals surface area contributed by atoms with Gasteiger partial charge in [-0.05, 0) is 30.0 Å². The molecule has 0 atom stereocenters. The summed E-state index contributed by atoms with van der Waals surface area (Å²) in [4.78, 5) is 21.8. The Bertz CT molecular complexity index is 405. The van der Waals surface area contributed by atoms with Crippen LogP contribution in [0.1, 0.15) is 10.4 Å². The first-order valence-corrected chi connectivity index (χ1v) is 4.75. The summed E-state index contributed by atoms with van der Waals surface area (Å²) in [6.07, 6.45) is 0. The number of thioether (sulfide) groups is 1. The third kappa shape index (κ3) is 2.88. The molecular formula is C9H9NO4S. The highest BCUT2D eigenvalue weighted by molar-refractivity contribution is 8.13. The van der Waals surface area contributed by atoms with Crippen LogP contribution in [0.2, 0.25) is 0 Å². The lowest BCUT2D eigenvalue weighted by atomic mass is 10.2. The van der Waals surface area contributed by atoms with Crippen LogP contribution in [-0.2, 0) is 0 Å². The highest BCUT2D eigenvalue weighted by Gasteiger charge is 2.11. The van der Waals surface area contributed by atoms with Crippen molar-refractivity contribution in [2.45, 2.75) is 4.90 Å². The minimum atomic E-state index is -1.02. The number of primary amides is 1. The first kappa shape index (κ1) is 11.4. The Balaban J connectivity index is 3.07. The van der Waals surface area contributed by atoms with Gasteiger partial charge in [0.2, 0.25) is 0 Å². The predicted octanol–water partition coefficient (Wildman–Crippen LogP) is 1.56. The maximum Gasteiger partial charge on any atom is 0.369 e. The van der Waals surface area contributed by atoms with E-state index in [1.165, 1.54) is 25.3 Å². The van der Waals surface area contributed by atoms with Crippen molar-refractivity contribution in [3.63, 3.8) is 0 Å². The largest absolute Gasteiger partial charge is 0.496 e. The minimum Gasteiger partial charge on any atom is -0.496 e. The van der Waals surface area contributed by atoms with Gasteiger partial charge in [0.25, 0.3) is 5.91 Å². The Morgan fingerprint density at radius 3 is 2.60 bits per heavy atom. The van der Waals surface area contributed by atoms with Crippen LogP contribution in [-0.4, -0.2) is 23.4 Å². The topological polar surface area (TPSA) is 89.6 Å². The Morgan fingerprint density at radius 2 is 2.13 bits per heavy atom. The van der Waals surface area contributed by atoms with Crippen molar-refractivity contribution in [3.05, 3.63) is 23.8 Å². The van der Waals surface area contributed by atoms with Gasteiger partial charge in [0.15, 0.2) is 0 Å². The zero-order valence-corrected chi connectivity index (χ0v) is 8.71. The molecule has 1 aromatic carbocycles. The van der Waals surface area contributed by atoms with Gasteiger partial charge in [0, 0.05) is 4.90 Å². The van der Waals surface area contributed by atoms with Crippen molar-refractivity contribution < 1.29 is 19.4 Å². The second-order valence-electron chi connectivity index (χ2n) is 2.59. The van der Waals surface area contributed by atoms with Crippen molar-refractivity contribution in [2.75, 3.05) is 7.11 Å². The van der Waals surface area contributed by atoms with Crippen molar-refractivity contribution in [1.29, 1.82) is 0 Å². The summed E-state index contributed by atoms with van der Waals surface area (Å²) in [5.74, 6) is -0.340. The summed E-state index contributed by atoms with van der Waals surface area (Å²) in [5.41, 5.74) is 5.33. The molecule has 0 heterocycles. The van der Waals surface area contributed by atoms with Gasteiger partial charge < -0.3 is 15.6 Å². The second-order valence-corrected chi connectivity index (χ2v) is 3.62. The molecule has 0 aliphatic carbocycles. The van der Waals surface area contributed by atoms with Gasteiger partial charge in [-0.2, -0.15) is 0 Å². The fraction of sp³-hybridized carbons (Fsp3) is 0.111. The van der Waals surface area contributed by atoms with Crippen LogP contribution in [0.3, 0.4) is 0 Å². The van der Waals surface area contributed by atoms with Crippen LogP contribution < -0.4 is 10.5 Å². The van der Waals surface area contributed by atoms with E-state index < -0.39 is 11.2 Å². The molecule has 0 aliphatic heterocycles. The Labute approximate surface area is 90.2 Å². The molecule has 0 aliphatic rings. The zero-order valence-electron chi connectivity index (χ0n) is 7.89. The molecule has 1 aromatic rings. The number of amides is 1. The molecule has 6 heteroatoms. The fourth-order valence-corrected chi connectivity index (χ4v) is 1.54. The van der Waals surface area contributed by atoms with Crippen LogP contribution in [0, 0.1) is 0 Å². The number of methoxy groups -OCH3 is 1. The molecular weight excluding hydrogens is 218 g/mol. The Morgan fingerprint density at radius 1 is 1.47 bits per heavy atom. The van der Waals surface area contributed by atoms with Crippen molar-refractivity contribution in [3.8, 4) is 5.75 Å². The van der Waals surface area contributed by atoms with Gasteiger partial charge in [-0.15, -0.1) is 0 Å². The monoisotopic (exact) mass is 227 g/mol. The lowest BCUT2D eigenvalue weighted by Crippen LogP contribution is -2.12. The van der Waals surface area contributed by atoms with Crippen molar-refractivity contribution in [1.82, 2.24) is 0 Å². The maximum atomic E-state index is 10.9. The van der Waals surface area contributed by atoms with E-state index in [1.54, 1.807) is 0 Å². The van der Waals surface area contributed by atoms with Gasteiger partial charge in [0.05, 0.1) is 12.7 Å². The van der Waals surface area contributed by atoms with Crippen LogP contribution >= 0.6 is 11.8 Å². The van der Waals surface area contributed by atoms with Crippen molar-refractivity contribution in [2.24, 2.45) is 5.73 Å². The van der Waals surface area contributed by atoms with E-state index in [0.717, 1.165) is 0 Å². The number of carbonyl (C=O) groups is 2. The molecule has 0 radical (unpaired) electrons. The van der Waals surface area contributed by atoms with Gasteiger partial charge in [0.1, 0.15) is 5.75 Å². The van der Waals surface area contributed by atoms with E-state index in [1.807, 2.05) is 0 Å². The maximum absolute atomic E-state index is 10.9. The first-order chi connectivity index (χ1) is 7.04. The first-order valence-electron chi connectivity index (χ1n) is 3.93. The molecule has 0 fully saturated rings. The number of benzene rings is 1. The Kier molecular flexibility index (Phi) is 3.56. The second kappa shape index (κ2) is 4.70. The summed E-state index contributed by atoms with van der Waals surface area (Å²) in [6, 6.07) is 4.40. The number of rotatable bonds is 3. The summed E-state index contributed by atoms with van der Waals surface area (Å²) < 4.78 is 4.92. The normalized spacial score (nSPS) is 9.67. The molecule has 80 valence electrons. The molecule has 3 N–H and O–H groups in total. The zero-order chi connectivity index (χ0) is 11.4. The lowest BCUT2D eigenvalue weighted by Gasteiger charge is -2.06.